The Morgan fingerprint density at radius 1 is 0.333 bits per heavy atom. The summed E-state index contributed by atoms with van der Waals surface area (Å²) < 4.78 is 2.68. The van der Waals surface area contributed by atoms with Gasteiger partial charge in [-0.2, -0.15) is 0 Å². The summed E-state index contributed by atoms with van der Waals surface area (Å²) in [5.41, 5.74) is 10.8. The average molecular weight is 630 g/mol. The van der Waals surface area contributed by atoms with E-state index in [1.165, 1.54) is 64.3 Å². The molecule has 9 aromatic rings. The fourth-order valence-corrected chi connectivity index (χ4v) is 8.08. The van der Waals surface area contributed by atoms with E-state index in [1.807, 2.05) is 11.3 Å². The quantitative estimate of drug-likeness (QED) is 0.177. The highest BCUT2D eigenvalue weighted by Gasteiger charge is 2.14. The normalized spacial score (nSPS) is 11.3. The van der Waals surface area contributed by atoms with Crippen molar-refractivity contribution in [2.24, 2.45) is 0 Å². The molecule has 2 heteroatoms. The number of nitrogens with zero attached hydrogens (tertiary/aromatic N) is 1. The minimum absolute atomic E-state index is 1.13. The van der Waals surface area contributed by atoms with Crippen LogP contribution in [-0.4, -0.2) is 0 Å². The largest absolute Gasteiger partial charge is 0.310 e. The lowest BCUT2D eigenvalue weighted by Gasteiger charge is -2.26. The molecule has 0 aliphatic rings. The van der Waals surface area contributed by atoms with E-state index < -0.39 is 0 Å². The van der Waals surface area contributed by atoms with Crippen LogP contribution < -0.4 is 4.90 Å². The maximum absolute atomic E-state index is 2.33. The number of anilines is 3. The first kappa shape index (κ1) is 28.3. The Bertz CT molecular complexity index is 2540. The Labute approximate surface area is 284 Å². The van der Waals surface area contributed by atoms with Crippen molar-refractivity contribution < 1.29 is 0 Å². The molecule has 48 heavy (non-hydrogen) atoms. The van der Waals surface area contributed by atoms with Gasteiger partial charge in [0.05, 0.1) is 0 Å². The fraction of sp³-hybridized carbons (Fsp3) is 0. The molecular formula is C46H31NS. The zero-order chi connectivity index (χ0) is 31.9. The van der Waals surface area contributed by atoms with E-state index in [4.69, 9.17) is 0 Å². The van der Waals surface area contributed by atoms with Crippen LogP contribution in [0, 0.1) is 0 Å². The molecule has 8 aromatic carbocycles. The van der Waals surface area contributed by atoms with Crippen LogP contribution in [0.1, 0.15) is 0 Å². The Balaban J connectivity index is 1.01. The van der Waals surface area contributed by atoms with Gasteiger partial charge in [0.1, 0.15) is 0 Å². The van der Waals surface area contributed by atoms with Gasteiger partial charge in [0.15, 0.2) is 0 Å². The van der Waals surface area contributed by atoms with E-state index in [2.05, 4.69) is 193 Å². The highest BCUT2D eigenvalue weighted by atomic mass is 32.1. The lowest BCUT2D eigenvalue weighted by Crippen LogP contribution is -2.09. The van der Waals surface area contributed by atoms with Gasteiger partial charge < -0.3 is 4.90 Å². The van der Waals surface area contributed by atoms with Crippen molar-refractivity contribution in [3.05, 3.63) is 188 Å². The summed E-state index contributed by atoms with van der Waals surface area (Å²) in [5.74, 6) is 0. The van der Waals surface area contributed by atoms with Gasteiger partial charge in [0.25, 0.3) is 0 Å². The van der Waals surface area contributed by atoms with E-state index in [9.17, 15) is 0 Å². The van der Waals surface area contributed by atoms with E-state index in [0.717, 1.165) is 17.1 Å². The van der Waals surface area contributed by atoms with Crippen LogP contribution in [0.3, 0.4) is 0 Å². The van der Waals surface area contributed by atoms with E-state index in [0.29, 0.717) is 0 Å². The first-order valence-corrected chi connectivity index (χ1v) is 17.2. The Hall–Kier alpha value is -5.96. The summed E-state index contributed by atoms with van der Waals surface area (Å²) in [6, 6.07) is 68.0. The van der Waals surface area contributed by atoms with Gasteiger partial charge >= 0.3 is 0 Å². The summed E-state index contributed by atoms with van der Waals surface area (Å²) in [4.78, 5) is 2.33. The summed E-state index contributed by atoms with van der Waals surface area (Å²) in [6.45, 7) is 0. The van der Waals surface area contributed by atoms with Crippen LogP contribution >= 0.6 is 11.3 Å². The van der Waals surface area contributed by atoms with Crippen LogP contribution in [0.4, 0.5) is 17.1 Å². The zero-order valence-electron chi connectivity index (χ0n) is 26.3. The third kappa shape index (κ3) is 5.13. The number of fused-ring (bicyclic) bond motifs is 4. The van der Waals surface area contributed by atoms with Crippen LogP contribution in [0.15, 0.2) is 188 Å². The van der Waals surface area contributed by atoms with Crippen molar-refractivity contribution in [1.29, 1.82) is 0 Å². The van der Waals surface area contributed by atoms with Gasteiger partial charge in [0.2, 0.25) is 0 Å². The van der Waals surface area contributed by atoms with Gasteiger partial charge in [-0.25, -0.2) is 0 Å². The van der Waals surface area contributed by atoms with E-state index in [-0.39, 0.29) is 0 Å². The van der Waals surface area contributed by atoms with Crippen molar-refractivity contribution >= 4 is 59.3 Å². The smallest absolute Gasteiger partial charge is 0.0468 e. The molecule has 0 N–H and O–H groups in total. The minimum atomic E-state index is 1.13. The third-order valence-corrected chi connectivity index (χ3v) is 10.5. The Kier molecular flexibility index (Phi) is 7.07. The Morgan fingerprint density at radius 2 is 0.917 bits per heavy atom. The van der Waals surface area contributed by atoms with Crippen LogP contribution in [0.25, 0.3) is 64.3 Å². The highest BCUT2D eigenvalue weighted by molar-refractivity contribution is 7.26. The lowest BCUT2D eigenvalue weighted by molar-refractivity contribution is 1.29. The molecule has 0 saturated carbocycles. The molecule has 226 valence electrons. The summed E-state index contributed by atoms with van der Waals surface area (Å²) in [6.07, 6.45) is 0. The standard InChI is InChI=1S/C46H31NS/c1-2-14-39(15-3-1)47(41-29-26-32-10-4-5-11-37(32)31-41)40-27-24-34(25-28-40)33-20-22-35(23-21-33)36-12-8-13-38(30-36)42-17-9-18-44-43-16-6-7-19-45(43)48-46(42)44/h1-31H. The highest BCUT2D eigenvalue weighted by Crippen LogP contribution is 2.41. The van der Waals surface area contributed by atoms with Crippen molar-refractivity contribution in [3.8, 4) is 33.4 Å². The zero-order valence-corrected chi connectivity index (χ0v) is 27.1. The van der Waals surface area contributed by atoms with Crippen molar-refractivity contribution in [1.82, 2.24) is 0 Å². The van der Waals surface area contributed by atoms with Crippen molar-refractivity contribution in [2.45, 2.75) is 0 Å². The molecular weight excluding hydrogens is 599 g/mol. The molecule has 1 aromatic heterocycles. The predicted molar refractivity (Wildman–Crippen MR) is 208 cm³/mol. The van der Waals surface area contributed by atoms with Crippen LogP contribution in [0.2, 0.25) is 0 Å². The summed E-state index contributed by atoms with van der Waals surface area (Å²) in [7, 11) is 0. The minimum Gasteiger partial charge on any atom is -0.310 e. The number of rotatable bonds is 6. The van der Waals surface area contributed by atoms with Crippen LogP contribution in [-0.2, 0) is 0 Å². The molecule has 0 amide bonds. The Morgan fingerprint density at radius 3 is 1.73 bits per heavy atom. The second-order valence-corrected chi connectivity index (χ2v) is 13.2. The van der Waals surface area contributed by atoms with Gasteiger partial charge in [-0.3, -0.25) is 0 Å². The fourth-order valence-electron chi connectivity index (χ4n) is 6.84. The summed E-state index contributed by atoms with van der Waals surface area (Å²) in [5, 5.41) is 5.14. The molecule has 0 spiro atoms. The molecule has 0 saturated heterocycles. The molecule has 0 aliphatic heterocycles. The topological polar surface area (TPSA) is 3.24 Å². The number of hydrogen-bond acceptors (Lipinski definition) is 2. The number of thiophene rings is 1. The molecule has 1 heterocycles. The number of hydrogen-bond donors (Lipinski definition) is 0. The summed E-state index contributed by atoms with van der Waals surface area (Å²) >= 11 is 1.88. The molecule has 1 nitrogen and oxygen atoms in total. The first-order chi connectivity index (χ1) is 23.8. The van der Waals surface area contributed by atoms with Gasteiger partial charge in [-0.05, 0) is 92.7 Å². The second-order valence-electron chi connectivity index (χ2n) is 12.2. The SMILES string of the molecule is c1ccc(N(c2ccc(-c3ccc(-c4cccc(-c5cccc6c5sc5ccccc56)c4)cc3)cc2)c2ccc3ccccc3c2)cc1. The van der Waals surface area contributed by atoms with Gasteiger partial charge in [-0.15, -0.1) is 11.3 Å². The third-order valence-electron chi connectivity index (χ3n) is 9.26. The second kappa shape index (κ2) is 12.0. The molecule has 0 radical (unpaired) electrons. The van der Waals surface area contributed by atoms with Crippen LogP contribution in [0.5, 0.6) is 0 Å². The molecule has 0 aliphatic carbocycles. The monoisotopic (exact) mass is 629 g/mol. The number of para-hydroxylation sites is 1. The first-order valence-electron chi connectivity index (χ1n) is 16.3. The predicted octanol–water partition coefficient (Wildman–Crippen LogP) is 13.7. The molecule has 0 bridgehead atoms. The molecule has 9 rings (SSSR count). The average Bonchev–Trinajstić information content (AvgIpc) is 3.55. The maximum atomic E-state index is 2.33. The van der Waals surface area contributed by atoms with Crippen molar-refractivity contribution in [2.75, 3.05) is 4.90 Å². The van der Waals surface area contributed by atoms with E-state index in [1.54, 1.807) is 0 Å². The van der Waals surface area contributed by atoms with E-state index >= 15 is 0 Å². The molecule has 0 unspecified atom stereocenters. The van der Waals surface area contributed by atoms with Gasteiger partial charge in [0, 0.05) is 37.2 Å². The van der Waals surface area contributed by atoms with Gasteiger partial charge in [-0.1, -0.05) is 140 Å². The van der Waals surface area contributed by atoms with Crippen molar-refractivity contribution in [3.63, 3.8) is 0 Å². The number of benzene rings is 8. The molecule has 0 atom stereocenters. The molecule has 0 fully saturated rings. The maximum Gasteiger partial charge on any atom is 0.0468 e. The lowest BCUT2D eigenvalue weighted by atomic mass is 9.96.